The van der Waals surface area contributed by atoms with Crippen LogP contribution < -0.4 is 5.73 Å². The van der Waals surface area contributed by atoms with Crippen molar-refractivity contribution >= 4 is 17.7 Å². The van der Waals surface area contributed by atoms with E-state index in [9.17, 15) is 4.79 Å². The summed E-state index contributed by atoms with van der Waals surface area (Å²) in [7, 11) is 0. The van der Waals surface area contributed by atoms with Gasteiger partial charge in [0.1, 0.15) is 5.60 Å². The van der Waals surface area contributed by atoms with Crippen molar-refractivity contribution in [3.05, 3.63) is 34.3 Å². The number of amides is 1. The van der Waals surface area contributed by atoms with Gasteiger partial charge in [-0.25, -0.2) is 4.79 Å². The van der Waals surface area contributed by atoms with Crippen molar-refractivity contribution in [3.8, 4) is 0 Å². The van der Waals surface area contributed by atoms with Crippen LogP contribution in [0.4, 0.5) is 4.79 Å². The first-order valence-corrected chi connectivity index (χ1v) is 6.08. The van der Waals surface area contributed by atoms with Crippen molar-refractivity contribution in [2.75, 3.05) is 0 Å². The zero-order valence-corrected chi connectivity index (χ0v) is 11.3. The molecule has 1 aromatic rings. The van der Waals surface area contributed by atoms with E-state index in [2.05, 4.69) is 0 Å². The molecule has 0 aliphatic heterocycles. The van der Waals surface area contributed by atoms with Gasteiger partial charge in [-0.2, -0.15) is 0 Å². The summed E-state index contributed by atoms with van der Waals surface area (Å²) in [6.45, 7) is 3.54. The van der Waals surface area contributed by atoms with E-state index in [0.717, 1.165) is 5.56 Å². The Morgan fingerprint density at radius 2 is 2.17 bits per heavy atom. The first kappa shape index (κ1) is 14.8. The predicted octanol–water partition coefficient (Wildman–Crippen LogP) is 2.64. The lowest BCUT2D eigenvalue weighted by molar-refractivity contribution is 0.0394. The Kier molecular flexibility index (Phi) is 4.99. The van der Waals surface area contributed by atoms with Crippen LogP contribution in [0.2, 0.25) is 5.02 Å². The third-order valence-electron chi connectivity index (χ3n) is 2.68. The largest absolute Gasteiger partial charge is 0.444 e. The number of carbonyl (C=O) groups excluding carboxylic acids is 1. The van der Waals surface area contributed by atoms with Crippen molar-refractivity contribution in [1.82, 2.24) is 0 Å². The Bertz CT molecular complexity index is 432. The molecule has 0 atom stereocenters. The zero-order valence-electron chi connectivity index (χ0n) is 10.6. The van der Waals surface area contributed by atoms with Crippen molar-refractivity contribution in [2.24, 2.45) is 5.73 Å². The van der Waals surface area contributed by atoms with E-state index in [-0.39, 0.29) is 6.61 Å². The molecule has 1 aromatic carbocycles. The molecule has 0 aliphatic rings. The minimum Gasteiger partial charge on any atom is -0.444 e. The van der Waals surface area contributed by atoms with Gasteiger partial charge in [0.2, 0.25) is 0 Å². The normalized spacial score (nSPS) is 11.3. The summed E-state index contributed by atoms with van der Waals surface area (Å²) in [5.74, 6) is 0. The molecular formula is C13H18ClNO3. The number of rotatable bonds is 5. The molecule has 5 heteroatoms. The summed E-state index contributed by atoms with van der Waals surface area (Å²) in [6.07, 6.45) is 0.588. The van der Waals surface area contributed by atoms with Gasteiger partial charge in [-0.15, -0.1) is 0 Å². The predicted molar refractivity (Wildman–Crippen MR) is 70.4 cm³/mol. The maximum atomic E-state index is 10.7. The van der Waals surface area contributed by atoms with Gasteiger partial charge in [0.25, 0.3) is 0 Å². The van der Waals surface area contributed by atoms with Gasteiger partial charge in [0.05, 0.1) is 6.61 Å². The van der Waals surface area contributed by atoms with Crippen LogP contribution in [-0.4, -0.2) is 16.8 Å². The first-order valence-electron chi connectivity index (χ1n) is 5.70. The maximum Gasteiger partial charge on any atom is 0.405 e. The topological polar surface area (TPSA) is 72.6 Å². The lowest BCUT2D eigenvalue weighted by Gasteiger charge is -2.23. The molecule has 0 radical (unpaired) electrons. The SMILES string of the molecule is CC(C)(CCc1ccc(CO)c(Cl)c1)OC(N)=O. The zero-order chi connectivity index (χ0) is 13.8. The van der Waals surface area contributed by atoms with Gasteiger partial charge in [0, 0.05) is 5.02 Å². The highest BCUT2D eigenvalue weighted by molar-refractivity contribution is 6.31. The molecule has 0 saturated carbocycles. The van der Waals surface area contributed by atoms with Crippen LogP contribution in [0.5, 0.6) is 0 Å². The molecule has 0 spiro atoms. The molecule has 18 heavy (non-hydrogen) atoms. The van der Waals surface area contributed by atoms with Gasteiger partial charge in [0.15, 0.2) is 0 Å². The highest BCUT2D eigenvalue weighted by atomic mass is 35.5. The number of hydrogen-bond donors (Lipinski definition) is 2. The van der Waals surface area contributed by atoms with Crippen LogP contribution >= 0.6 is 11.6 Å². The third-order valence-corrected chi connectivity index (χ3v) is 3.03. The third kappa shape index (κ3) is 4.55. The minimum absolute atomic E-state index is 0.0740. The van der Waals surface area contributed by atoms with E-state index in [0.29, 0.717) is 23.4 Å². The van der Waals surface area contributed by atoms with Gasteiger partial charge in [-0.1, -0.05) is 23.7 Å². The molecule has 1 amide bonds. The molecule has 0 fully saturated rings. The molecule has 0 heterocycles. The van der Waals surface area contributed by atoms with Crippen molar-refractivity contribution in [2.45, 2.75) is 38.9 Å². The number of aryl methyl sites for hydroxylation is 1. The maximum absolute atomic E-state index is 10.7. The summed E-state index contributed by atoms with van der Waals surface area (Å²) in [4.78, 5) is 10.7. The Balaban J connectivity index is 2.63. The smallest absolute Gasteiger partial charge is 0.405 e. The van der Waals surface area contributed by atoms with Crippen molar-refractivity contribution in [3.63, 3.8) is 0 Å². The molecule has 0 unspecified atom stereocenters. The van der Waals surface area contributed by atoms with Crippen LogP contribution in [0.25, 0.3) is 0 Å². The fourth-order valence-electron chi connectivity index (χ4n) is 1.64. The van der Waals surface area contributed by atoms with E-state index in [1.54, 1.807) is 6.07 Å². The molecule has 0 bridgehead atoms. The highest BCUT2D eigenvalue weighted by Gasteiger charge is 2.21. The number of carbonyl (C=O) groups is 1. The Morgan fingerprint density at radius 3 is 2.67 bits per heavy atom. The van der Waals surface area contributed by atoms with E-state index >= 15 is 0 Å². The van der Waals surface area contributed by atoms with E-state index in [1.807, 2.05) is 26.0 Å². The molecule has 0 aliphatic carbocycles. The number of aliphatic hydroxyl groups is 1. The average Bonchev–Trinajstić information content (AvgIpc) is 2.25. The molecule has 4 nitrogen and oxygen atoms in total. The monoisotopic (exact) mass is 271 g/mol. The van der Waals surface area contributed by atoms with Crippen LogP contribution in [-0.2, 0) is 17.8 Å². The number of hydrogen-bond acceptors (Lipinski definition) is 3. The van der Waals surface area contributed by atoms with Crippen molar-refractivity contribution < 1.29 is 14.6 Å². The van der Waals surface area contributed by atoms with Crippen molar-refractivity contribution in [1.29, 1.82) is 0 Å². The number of benzene rings is 1. The second-order valence-electron chi connectivity index (χ2n) is 4.76. The summed E-state index contributed by atoms with van der Waals surface area (Å²) < 4.78 is 5.00. The fraction of sp³-hybridized carbons (Fsp3) is 0.462. The van der Waals surface area contributed by atoms with Crippen LogP contribution in [0.15, 0.2) is 18.2 Å². The number of ether oxygens (including phenoxy) is 1. The average molecular weight is 272 g/mol. The van der Waals surface area contributed by atoms with E-state index in [4.69, 9.17) is 27.2 Å². The second-order valence-corrected chi connectivity index (χ2v) is 5.17. The number of halogens is 1. The molecule has 0 saturated heterocycles. The van der Waals surface area contributed by atoms with Gasteiger partial charge in [-0.05, 0) is 43.9 Å². The summed E-state index contributed by atoms with van der Waals surface area (Å²) in [5, 5.41) is 9.56. The molecule has 0 aromatic heterocycles. The van der Waals surface area contributed by atoms with Gasteiger partial charge in [-0.3, -0.25) is 0 Å². The number of nitrogens with two attached hydrogens (primary N) is 1. The number of primary amides is 1. The quantitative estimate of drug-likeness (QED) is 0.865. The summed E-state index contributed by atoms with van der Waals surface area (Å²) in [6, 6.07) is 5.50. The Labute approximate surface area is 112 Å². The summed E-state index contributed by atoms with van der Waals surface area (Å²) >= 11 is 6.00. The molecular weight excluding hydrogens is 254 g/mol. The van der Waals surface area contributed by atoms with Gasteiger partial charge >= 0.3 is 6.09 Å². The standard InChI is InChI=1S/C13H18ClNO3/c1-13(2,18-12(15)17)6-5-9-3-4-10(8-16)11(14)7-9/h3-4,7,16H,5-6,8H2,1-2H3,(H2,15,17). The Hall–Kier alpha value is -1.26. The minimum atomic E-state index is -0.770. The second kappa shape index (κ2) is 6.07. The van der Waals surface area contributed by atoms with Gasteiger partial charge < -0.3 is 15.6 Å². The molecule has 1 rings (SSSR count). The Morgan fingerprint density at radius 1 is 1.50 bits per heavy atom. The lowest BCUT2D eigenvalue weighted by atomic mass is 9.98. The van der Waals surface area contributed by atoms with Crippen LogP contribution in [0.3, 0.4) is 0 Å². The number of aliphatic hydroxyl groups excluding tert-OH is 1. The van der Waals surface area contributed by atoms with E-state index in [1.165, 1.54) is 0 Å². The summed E-state index contributed by atoms with van der Waals surface area (Å²) in [5.41, 5.74) is 6.12. The van der Waals surface area contributed by atoms with Crippen LogP contribution in [0.1, 0.15) is 31.4 Å². The van der Waals surface area contributed by atoms with Crippen LogP contribution in [0, 0.1) is 0 Å². The highest BCUT2D eigenvalue weighted by Crippen LogP contribution is 2.22. The fourth-order valence-corrected chi connectivity index (χ4v) is 1.91. The molecule has 100 valence electrons. The molecule has 3 N–H and O–H groups in total. The first-order chi connectivity index (χ1) is 8.34. The lowest BCUT2D eigenvalue weighted by Crippen LogP contribution is -2.31. The van der Waals surface area contributed by atoms with E-state index < -0.39 is 11.7 Å².